The van der Waals surface area contributed by atoms with Crippen molar-refractivity contribution in [3.05, 3.63) is 45.8 Å². The van der Waals surface area contributed by atoms with Crippen LogP contribution < -0.4 is 5.32 Å². The second kappa shape index (κ2) is 4.87. The first kappa shape index (κ1) is 11.5. The molecule has 1 heterocycles. The lowest BCUT2D eigenvalue weighted by molar-refractivity contribution is 1.17. The smallest absolute Gasteiger partial charge is 0.224 e. The number of nitrogens with zero attached hydrogens (tertiary/aromatic N) is 2. The molecule has 0 aliphatic heterocycles. The maximum absolute atomic E-state index is 5.91. The van der Waals surface area contributed by atoms with E-state index >= 15 is 0 Å². The fourth-order valence-corrected chi connectivity index (χ4v) is 1.60. The van der Waals surface area contributed by atoms with Gasteiger partial charge in [-0.3, -0.25) is 0 Å². The van der Waals surface area contributed by atoms with Crippen molar-refractivity contribution >= 4 is 46.3 Å². The largest absolute Gasteiger partial charge is 0.339 e. The molecule has 0 spiro atoms. The Kier molecular flexibility index (Phi) is 3.49. The molecule has 0 fully saturated rings. The van der Waals surface area contributed by atoms with Crippen LogP contribution in [-0.4, -0.2) is 9.97 Å². The molecule has 0 amide bonds. The minimum atomic E-state index is 0.133. The average molecular weight is 275 g/mol. The fourth-order valence-electron chi connectivity index (χ4n) is 1.14. The van der Waals surface area contributed by atoms with Crippen LogP contribution in [-0.2, 0) is 0 Å². The maximum Gasteiger partial charge on any atom is 0.224 e. The van der Waals surface area contributed by atoms with Crippen LogP contribution >= 0.6 is 34.8 Å². The van der Waals surface area contributed by atoms with Crippen molar-refractivity contribution in [1.29, 1.82) is 0 Å². The number of rotatable bonds is 2. The summed E-state index contributed by atoms with van der Waals surface area (Å²) in [6.07, 6.45) is 1.43. The summed E-state index contributed by atoms with van der Waals surface area (Å²) in [5.74, 6) is 0.448. The van der Waals surface area contributed by atoms with E-state index in [1.807, 2.05) is 12.1 Å². The van der Waals surface area contributed by atoms with E-state index in [-0.39, 0.29) is 5.28 Å². The van der Waals surface area contributed by atoms with Crippen LogP contribution in [0.5, 0.6) is 0 Å². The zero-order valence-corrected chi connectivity index (χ0v) is 10.2. The van der Waals surface area contributed by atoms with Crippen LogP contribution in [0.25, 0.3) is 0 Å². The third-order valence-corrected chi connectivity index (χ3v) is 2.50. The molecule has 0 aliphatic carbocycles. The minimum Gasteiger partial charge on any atom is -0.339 e. The quantitative estimate of drug-likeness (QED) is 0.835. The van der Waals surface area contributed by atoms with Gasteiger partial charge in [-0.1, -0.05) is 29.3 Å². The Morgan fingerprint density at radius 1 is 1.12 bits per heavy atom. The Balaban J connectivity index is 2.30. The molecule has 82 valence electrons. The molecule has 2 aromatic rings. The summed E-state index contributed by atoms with van der Waals surface area (Å²) in [6, 6.07) is 7.20. The van der Waals surface area contributed by atoms with E-state index in [4.69, 9.17) is 34.8 Å². The number of halogens is 3. The molecule has 0 radical (unpaired) electrons. The normalized spacial score (nSPS) is 10.2. The second-order valence-electron chi connectivity index (χ2n) is 2.97. The van der Waals surface area contributed by atoms with Crippen molar-refractivity contribution in [2.24, 2.45) is 0 Å². The molecule has 6 heteroatoms. The van der Waals surface area contributed by atoms with Crippen molar-refractivity contribution in [3.8, 4) is 0 Å². The van der Waals surface area contributed by atoms with Gasteiger partial charge >= 0.3 is 0 Å². The lowest BCUT2D eigenvalue weighted by Crippen LogP contribution is -1.95. The van der Waals surface area contributed by atoms with Gasteiger partial charge in [0.1, 0.15) is 5.02 Å². The van der Waals surface area contributed by atoms with Crippen molar-refractivity contribution in [3.63, 3.8) is 0 Å². The van der Waals surface area contributed by atoms with Gasteiger partial charge in [-0.15, -0.1) is 0 Å². The topological polar surface area (TPSA) is 37.8 Å². The molecule has 0 bridgehead atoms. The Labute approximate surface area is 107 Å². The zero-order valence-electron chi connectivity index (χ0n) is 7.92. The van der Waals surface area contributed by atoms with Crippen LogP contribution in [0, 0.1) is 0 Å². The summed E-state index contributed by atoms with van der Waals surface area (Å²) in [5, 5.41) is 4.15. The monoisotopic (exact) mass is 273 g/mol. The van der Waals surface area contributed by atoms with Gasteiger partial charge < -0.3 is 5.32 Å². The Bertz CT molecular complexity index is 516. The first-order valence-electron chi connectivity index (χ1n) is 4.36. The fraction of sp³-hybridized carbons (Fsp3) is 0. The van der Waals surface area contributed by atoms with E-state index in [2.05, 4.69) is 15.3 Å². The molecule has 16 heavy (non-hydrogen) atoms. The Hall–Kier alpha value is -1.03. The third-order valence-electron chi connectivity index (χ3n) is 1.80. The van der Waals surface area contributed by atoms with E-state index in [9.17, 15) is 0 Å². The number of hydrogen-bond acceptors (Lipinski definition) is 3. The van der Waals surface area contributed by atoms with Gasteiger partial charge in [-0.25, -0.2) is 4.98 Å². The van der Waals surface area contributed by atoms with Gasteiger partial charge in [0.25, 0.3) is 0 Å². The molecule has 0 saturated heterocycles. The lowest BCUT2D eigenvalue weighted by Gasteiger charge is -2.07. The second-order valence-corrected chi connectivity index (χ2v) is 4.15. The minimum absolute atomic E-state index is 0.133. The van der Waals surface area contributed by atoms with Crippen LogP contribution in [0.1, 0.15) is 0 Å². The van der Waals surface area contributed by atoms with Gasteiger partial charge in [0.05, 0.1) is 6.20 Å². The molecule has 1 aromatic heterocycles. The first-order chi connectivity index (χ1) is 7.65. The van der Waals surface area contributed by atoms with Crippen LogP contribution in [0.15, 0.2) is 30.5 Å². The molecule has 1 N–H and O–H groups in total. The molecular formula is C10H6Cl3N3. The standard InChI is InChI=1S/C10H6Cl3N3/c11-6-2-1-3-7(4-6)15-9-8(12)5-14-10(13)16-9/h1-5H,(H,14,15,16). The van der Waals surface area contributed by atoms with E-state index in [1.165, 1.54) is 6.20 Å². The molecule has 1 aromatic carbocycles. The number of nitrogens with one attached hydrogen (secondary N) is 1. The zero-order chi connectivity index (χ0) is 11.5. The highest BCUT2D eigenvalue weighted by atomic mass is 35.5. The Morgan fingerprint density at radius 2 is 1.94 bits per heavy atom. The number of aromatic nitrogens is 2. The highest BCUT2D eigenvalue weighted by molar-refractivity contribution is 6.33. The summed E-state index contributed by atoms with van der Waals surface area (Å²) >= 11 is 17.4. The van der Waals surface area contributed by atoms with Gasteiger partial charge in [-0.05, 0) is 29.8 Å². The maximum atomic E-state index is 5.91. The van der Waals surface area contributed by atoms with Crippen molar-refractivity contribution in [1.82, 2.24) is 9.97 Å². The predicted octanol–water partition coefficient (Wildman–Crippen LogP) is 4.18. The first-order valence-corrected chi connectivity index (χ1v) is 5.49. The Morgan fingerprint density at radius 3 is 2.69 bits per heavy atom. The molecule has 0 unspecified atom stereocenters. The van der Waals surface area contributed by atoms with E-state index in [0.717, 1.165) is 5.69 Å². The predicted molar refractivity (Wildman–Crippen MR) is 66.8 cm³/mol. The molecule has 0 saturated carbocycles. The van der Waals surface area contributed by atoms with Gasteiger partial charge in [-0.2, -0.15) is 4.98 Å². The highest BCUT2D eigenvalue weighted by Crippen LogP contribution is 2.24. The summed E-state index contributed by atoms with van der Waals surface area (Å²) in [6.45, 7) is 0. The summed E-state index contributed by atoms with van der Waals surface area (Å²) in [5.41, 5.74) is 0.782. The highest BCUT2D eigenvalue weighted by Gasteiger charge is 2.04. The van der Waals surface area contributed by atoms with E-state index in [1.54, 1.807) is 12.1 Å². The van der Waals surface area contributed by atoms with Crippen molar-refractivity contribution < 1.29 is 0 Å². The summed E-state index contributed by atoms with van der Waals surface area (Å²) < 4.78 is 0. The molecular weight excluding hydrogens is 268 g/mol. The SMILES string of the molecule is Clc1cccc(Nc2nc(Cl)ncc2Cl)c1. The van der Waals surface area contributed by atoms with E-state index in [0.29, 0.717) is 15.9 Å². The van der Waals surface area contributed by atoms with E-state index < -0.39 is 0 Å². The molecule has 0 aliphatic rings. The third kappa shape index (κ3) is 2.76. The molecule has 3 nitrogen and oxygen atoms in total. The van der Waals surface area contributed by atoms with Crippen LogP contribution in [0.4, 0.5) is 11.5 Å². The number of benzene rings is 1. The molecule has 0 atom stereocenters. The van der Waals surface area contributed by atoms with Crippen LogP contribution in [0.2, 0.25) is 15.3 Å². The average Bonchev–Trinajstić information content (AvgIpc) is 2.24. The summed E-state index contributed by atoms with van der Waals surface area (Å²) in [4.78, 5) is 7.72. The number of hydrogen-bond donors (Lipinski definition) is 1. The summed E-state index contributed by atoms with van der Waals surface area (Å²) in [7, 11) is 0. The van der Waals surface area contributed by atoms with Crippen molar-refractivity contribution in [2.45, 2.75) is 0 Å². The van der Waals surface area contributed by atoms with Crippen LogP contribution in [0.3, 0.4) is 0 Å². The molecule has 2 rings (SSSR count). The number of anilines is 2. The lowest BCUT2D eigenvalue weighted by atomic mass is 10.3. The van der Waals surface area contributed by atoms with Gasteiger partial charge in [0.15, 0.2) is 5.82 Å². The van der Waals surface area contributed by atoms with Gasteiger partial charge in [0, 0.05) is 10.7 Å². The van der Waals surface area contributed by atoms with Gasteiger partial charge in [0.2, 0.25) is 5.28 Å². The van der Waals surface area contributed by atoms with Crippen molar-refractivity contribution in [2.75, 3.05) is 5.32 Å².